The Morgan fingerprint density at radius 3 is 2.79 bits per heavy atom. The maximum Gasteiger partial charge on any atom is 0.151 e. The van der Waals surface area contributed by atoms with Crippen molar-refractivity contribution in [3.05, 3.63) is 69.0 Å². The fraction of sp³-hybridized carbons (Fsp3) is 0.222. The van der Waals surface area contributed by atoms with Crippen molar-refractivity contribution in [3.63, 3.8) is 0 Å². The third-order valence-electron chi connectivity index (χ3n) is 3.70. The predicted molar refractivity (Wildman–Crippen MR) is 103 cm³/mol. The first kappa shape index (κ1) is 17.3. The van der Waals surface area contributed by atoms with Gasteiger partial charge in [0.2, 0.25) is 0 Å². The Morgan fingerprint density at radius 1 is 1.21 bits per heavy atom. The maximum atomic E-state index is 6.02. The normalized spacial score (nSPS) is 16.8. The molecule has 1 aliphatic heterocycles. The molecular weight excluding hydrogens is 436 g/mol. The fourth-order valence-corrected chi connectivity index (χ4v) is 3.67. The molecular formula is C18H18Br2N2O2. The topological polar surface area (TPSA) is 47.7 Å². The molecule has 0 aromatic heterocycles. The molecule has 6 heteroatoms. The smallest absolute Gasteiger partial charge is 0.151 e. The van der Waals surface area contributed by atoms with Crippen molar-refractivity contribution >= 4 is 37.5 Å². The minimum Gasteiger partial charge on any atom is -0.492 e. The minimum absolute atomic E-state index is 0.562. The van der Waals surface area contributed by atoms with Crippen molar-refractivity contribution < 1.29 is 9.47 Å². The van der Waals surface area contributed by atoms with Crippen LogP contribution in [0.25, 0.3) is 0 Å². The molecule has 2 aromatic carbocycles. The number of benzene rings is 2. The summed E-state index contributed by atoms with van der Waals surface area (Å²) in [6, 6.07) is 14.1. The zero-order valence-electron chi connectivity index (χ0n) is 13.0. The molecule has 0 radical (unpaired) electrons. The molecule has 1 heterocycles. The molecule has 2 N–H and O–H groups in total. The number of halogens is 2. The third kappa shape index (κ3) is 4.53. The average Bonchev–Trinajstić information content (AvgIpc) is 2.58. The van der Waals surface area contributed by atoms with E-state index in [-0.39, 0.29) is 0 Å². The second kappa shape index (κ2) is 8.05. The van der Waals surface area contributed by atoms with Gasteiger partial charge < -0.3 is 15.2 Å². The van der Waals surface area contributed by atoms with Crippen molar-refractivity contribution in [2.45, 2.75) is 6.54 Å². The first-order chi connectivity index (χ1) is 11.6. The molecule has 0 bridgehead atoms. The Kier molecular flexibility index (Phi) is 5.81. The zero-order valence-corrected chi connectivity index (χ0v) is 16.2. The standard InChI is InChI=1S/C18H18Br2N2O2/c19-14-8-16(20)18(21)17(9-14)24-12-15-11-22(6-7-23-15)10-13-4-2-1-3-5-13/h1-5,8-9,12H,6-7,10-11,21H2. The first-order valence-corrected chi connectivity index (χ1v) is 9.20. The van der Waals surface area contributed by atoms with Gasteiger partial charge in [-0.05, 0) is 33.6 Å². The van der Waals surface area contributed by atoms with E-state index in [1.54, 1.807) is 6.26 Å². The van der Waals surface area contributed by atoms with Crippen LogP contribution in [0.4, 0.5) is 5.69 Å². The maximum absolute atomic E-state index is 6.02. The van der Waals surface area contributed by atoms with E-state index in [1.165, 1.54) is 5.56 Å². The predicted octanol–water partition coefficient (Wildman–Crippen LogP) is 4.55. The van der Waals surface area contributed by atoms with Crippen LogP contribution in [0, 0.1) is 0 Å². The summed E-state index contributed by atoms with van der Waals surface area (Å²) in [4.78, 5) is 2.33. The van der Waals surface area contributed by atoms with Gasteiger partial charge in [-0.2, -0.15) is 0 Å². The summed E-state index contributed by atoms with van der Waals surface area (Å²) in [5.74, 6) is 1.39. The van der Waals surface area contributed by atoms with E-state index in [2.05, 4.69) is 61.0 Å². The average molecular weight is 454 g/mol. The van der Waals surface area contributed by atoms with Crippen LogP contribution in [0.5, 0.6) is 5.75 Å². The summed E-state index contributed by atoms with van der Waals surface area (Å²) in [5, 5.41) is 0. The highest BCUT2D eigenvalue weighted by molar-refractivity contribution is 9.11. The molecule has 24 heavy (non-hydrogen) atoms. The molecule has 1 saturated heterocycles. The van der Waals surface area contributed by atoms with E-state index in [4.69, 9.17) is 15.2 Å². The molecule has 1 fully saturated rings. The molecule has 0 atom stereocenters. The van der Waals surface area contributed by atoms with Gasteiger partial charge in [0.05, 0.1) is 12.2 Å². The number of hydrogen-bond acceptors (Lipinski definition) is 4. The van der Waals surface area contributed by atoms with E-state index < -0.39 is 0 Å². The third-order valence-corrected chi connectivity index (χ3v) is 4.81. The lowest BCUT2D eigenvalue weighted by molar-refractivity contribution is 0.0843. The quantitative estimate of drug-likeness (QED) is 0.545. The molecule has 0 spiro atoms. The Hall–Kier alpha value is -1.50. The van der Waals surface area contributed by atoms with Gasteiger partial charge in [0, 0.05) is 22.0 Å². The molecule has 0 amide bonds. The molecule has 0 unspecified atom stereocenters. The van der Waals surface area contributed by atoms with Crippen molar-refractivity contribution in [1.29, 1.82) is 0 Å². The summed E-state index contributed by atoms with van der Waals surface area (Å²) >= 11 is 6.85. The number of rotatable bonds is 4. The van der Waals surface area contributed by atoms with Crippen LogP contribution in [0.1, 0.15) is 5.56 Å². The van der Waals surface area contributed by atoms with Crippen molar-refractivity contribution in [3.8, 4) is 5.75 Å². The Bertz CT molecular complexity index is 735. The van der Waals surface area contributed by atoms with E-state index >= 15 is 0 Å². The molecule has 3 rings (SSSR count). The summed E-state index contributed by atoms with van der Waals surface area (Å²) in [6.45, 7) is 3.16. The molecule has 4 nitrogen and oxygen atoms in total. The highest BCUT2D eigenvalue weighted by Crippen LogP contribution is 2.34. The lowest BCUT2D eigenvalue weighted by Gasteiger charge is -2.28. The lowest BCUT2D eigenvalue weighted by Crippen LogP contribution is -2.34. The summed E-state index contributed by atoms with van der Waals surface area (Å²) in [6.07, 6.45) is 1.64. The summed E-state index contributed by atoms with van der Waals surface area (Å²) in [5.41, 5.74) is 7.88. The number of ether oxygens (including phenoxy) is 2. The van der Waals surface area contributed by atoms with Crippen LogP contribution in [0.3, 0.4) is 0 Å². The minimum atomic E-state index is 0.562. The number of nitrogen functional groups attached to an aromatic ring is 1. The van der Waals surface area contributed by atoms with Crippen LogP contribution < -0.4 is 10.5 Å². The molecule has 0 saturated carbocycles. The van der Waals surface area contributed by atoms with Gasteiger partial charge in [0.15, 0.2) is 5.75 Å². The number of nitrogens with zero attached hydrogens (tertiary/aromatic N) is 1. The van der Waals surface area contributed by atoms with Crippen LogP contribution in [0.15, 0.2) is 63.4 Å². The van der Waals surface area contributed by atoms with E-state index in [1.807, 2.05) is 18.2 Å². The summed E-state index contributed by atoms with van der Waals surface area (Å²) in [7, 11) is 0. The Labute approximate surface area is 158 Å². The van der Waals surface area contributed by atoms with Crippen LogP contribution in [-0.2, 0) is 11.3 Å². The zero-order chi connectivity index (χ0) is 16.9. The van der Waals surface area contributed by atoms with Gasteiger partial charge >= 0.3 is 0 Å². The van der Waals surface area contributed by atoms with Gasteiger partial charge in [0.25, 0.3) is 0 Å². The highest BCUT2D eigenvalue weighted by Gasteiger charge is 2.16. The Morgan fingerprint density at radius 2 is 2.00 bits per heavy atom. The van der Waals surface area contributed by atoms with Crippen molar-refractivity contribution in [1.82, 2.24) is 4.90 Å². The van der Waals surface area contributed by atoms with Gasteiger partial charge in [-0.15, -0.1) is 0 Å². The van der Waals surface area contributed by atoms with Crippen molar-refractivity contribution in [2.24, 2.45) is 0 Å². The number of nitrogens with two attached hydrogens (primary N) is 1. The van der Waals surface area contributed by atoms with Gasteiger partial charge in [-0.3, -0.25) is 4.90 Å². The van der Waals surface area contributed by atoms with Crippen molar-refractivity contribution in [2.75, 3.05) is 25.4 Å². The number of anilines is 1. The first-order valence-electron chi connectivity index (χ1n) is 7.61. The molecule has 2 aromatic rings. The largest absolute Gasteiger partial charge is 0.492 e. The lowest BCUT2D eigenvalue weighted by atomic mass is 10.2. The SMILES string of the molecule is Nc1c(Br)cc(Br)cc1OC=C1CN(Cc2ccccc2)CCO1. The van der Waals surface area contributed by atoms with E-state index in [0.717, 1.165) is 27.8 Å². The molecule has 126 valence electrons. The van der Waals surface area contributed by atoms with Gasteiger partial charge in [0.1, 0.15) is 18.6 Å². The van der Waals surface area contributed by atoms with Gasteiger partial charge in [-0.25, -0.2) is 0 Å². The van der Waals surface area contributed by atoms with Gasteiger partial charge in [-0.1, -0.05) is 46.3 Å². The second-order valence-electron chi connectivity index (χ2n) is 5.55. The van der Waals surface area contributed by atoms with E-state index in [9.17, 15) is 0 Å². The molecule has 1 aliphatic rings. The van der Waals surface area contributed by atoms with Crippen LogP contribution in [0.2, 0.25) is 0 Å². The molecule has 0 aliphatic carbocycles. The Balaban J connectivity index is 1.65. The fourth-order valence-electron chi connectivity index (χ4n) is 2.49. The van der Waals surface area contributed by atoms with E-state index in [0.29, 0.717) is 24.6 Å². The van der Waals surface area contributed by atoms with Crippen LogP contribution >= 0.6 is 31.9 Å². The summed E-state index contributed by atoms with van der Waals surface area (Å²) < 4.78 is 13.1. The second-order valence-corrected chi connectivity index (χ2v) is 7.32. The number of hydrogen-bond donors (Lipinski definition) is 1. The highest BCUT2D eigenvalue weighted by atomic mass is 79.9. The number of morpholine rings is 1. The monoisotopic (exact) mass is 452 g/mol. The van der Waals surface area contributed by atoms with Crippen LogP contribution in [-0.4, -0.2) is 24.6 Å².